The van der Waals surface area contributed by atoms with E-state index in [1.807, 2.05) is 6.07 Å². The van der Waals surface area contributed by atoms with E-state index in [0.717, 1.165) is 83.3 Å². The molecule has 26 heavy (non-hydrogen) atoms. The van der Waals surface area contributed by atoms with Crippen LogP contribution in [-0.2, 0) is 11.2 Å². The van der Waals surface area contributed by atoms with Crippen molar-refractivity contribution >= 4 is 29.9 Å². The number of unbranched alkanes of at least 4 members (excludes halogenated alkanes) is 1. The number of rotatable bonds is 9. The van der Waals surface area contributed by atoms with Gasteiger partial charge < -0.3 is 15.4 Å². The second kappa shape index (κ2) is 14.2. The van der Waals surface area contributed by atoms with E-state index in [2.05, 4.69) is 27.4 Å². The minimum Gasteiger partial charge on any atom is -0.379 e. The van der Waals surface area contributed by atoms with Gasteiger partial charge in [-0.1, -0.05) is 12.1 Å². The molecule has 7 heteroatoms. The third kappa shape index (κ3) is 9.68. The molecule has 0 spiro atoms. The molecule has 2 N–H and O–H groups in total. The lowest BCUT2D eigenvalue weighted by atomic mass is 10.1. The van der Waals surface area contributed by atoms with Crippen LogP contribution in [0.15, 0.2) is 29.3 Å². The van der Waals surface area contributed by atoms with E-state index in [1.165, 1.54) is 6.07 Å². The summed E-state index contributed by atoms with van der Waals surface area (Å²) in [5.41, 5.74) is 0.994. The molecule has 1 saturated heterocycles. The Balaban J connectivity index is 0.00000338. The Hall–Kier alpha value is -0.930. The van der Waals surface area contributed by atoms with Gasteiger partial charge in [0, 0.05) is 32.7 Å². The zero-order chi connectivity index (χ0) is 17.7. The second-order valence-electron chi connectivity index (χ2n) is 6.23. The third-order valence-corrected chi connectivity index (χ3v) is 4.20. The van der Waals surface area contributed by atoms with Crippen LogP contribution in [0.2, 0.25) is 0 Å². The minimum absolute atomic E-state index is 0. The molecule has 0 aromatic heterocycles. The summed E-state index contributed by atoms with van der Waals surface area (Å²) in [6.07, 6.45) is 3.02. The van der Waals surface area contributed by atoms with Crippen molar-refractivity contribution in [2.45, 2.75) is 26.2 Å². The number of hydrogen-bond acceptors (Lipinski definition) is 3. The number of guanidine groups is 1. The molecule has 0 aliphatic carbocycles. The Morgan fingerprint density at radius 1 is 1.23 bits per heavy atom. The zero-order valence-electron chi connectivity index (χ0n) is 15.7. The molecule has 0 atom stereocenters. The summed E-state index contributed by atoms with van der Waals surface area (Å²) in [4.78, 5) is 7.08. The SMILES string of the molecule is CCNC(=NCCCCN1CCOCC1)NCCc1cccc(F)c1.I. The molecule has 0 bridgehead atoms. The van der Waals surface area contributed by atoms with Gasteiger partial charge in [0.1, 0.15) is 5.82 Å². The number of nitrogens with zero attached hydrogens (tertiary/aromatic N) is 2. The van der Waals surface area contributed by atoms with Gasteiger partial charge in [-0.05, 0) is 50.4 Å². The van der Waals surface area contributed by atoms with E-state index in [9.17, 15) is 4.39 Å². The molecule has 1 fully saturated rings. The monoisotopic (exact) mass is 478 g/mol. The second-order valence-corrected chi connectivity index (χ2v) is 6.23. The van der Waals surface area contributed by atoms with Gasteiger partial charge in [-0.25, -0.2) is 4.39 Å². The maximum absolute atomic E-state index is 13.2. The van der Waals surface area contributed by atoms with E-state index < -0.39 is 0 Å². The van der Waals surface area contributed by atoms with Gasteiger partial charge in [0.25, 0.3) is 0 Å². The fourth-order valence-electron chi connectivity index (χ4n) is 2.82. The number of aliphatic imine (C=N–C) groups is 1. The molecule has 5 nitrogen and oxygen atoms in total. The summed E-state index contributed by atoms with van der Waals surface area (Å²) < 4.78 is 18.5. The van der Waals surface area contributed by atoms with Crippen molar-refractivity contribution in [3.63, 3.8) is 0 Å². The Morgan fingerprint density at radius 2 is 2.04 bits per heavy atom. The van der Waals surface area contributed by atoms with E-state index in [1.54, 1.807) is 12.1 Å². The quantitative estimate of drug-likeness (QED) is 0.248. The summed E-state index contributed by atoms with van der Waals surface area (Å²) >= 11 is 0. The first kappa shape index (κ1) is 23.1. The van der Waals surface area contributed by atoms with Gasteiger partial charge in [-0.3, -0.25) is 9.89 Å². The number of benzene rings is 1. The smallest absolute Gasteiger partial charge is 0.191 e. The van der Waals surface area contributed by atoms with Crippen molar-refractivity contribution in [3.05, 3.63) is 35.6 Å². The summed E-state index contributed by atoms with van der Waals surface area (Å²) in [6.45, 7) is 9.39. The predicted octanol–water partition coefficient (Wildman–Crippen LogP) is 2.65. The van der Waals surface area contributed by atoms with Crippen LogP contribution in [0.4, 0.5) is 4.39 Å². The molecule has 0 unspecified atom stereocenters. The summed E-state index contributed by atoms with van der Waals surface area (Å²) in [5, 5.41) is 6.58. The van der Waals surface area contributed by atoms with Crippen LogP contribution in [-0.4, -0.2) is 63.3 Å². The molecule has 1 aliphatic rings. The fraction of sp³-hybridized carbons (Fsp3) is 0.632. The Bertz CT molecular complexity index is 524. The van der Waals surface area contributed by atoms with Crippen molar-refractivity contribution in [2.24, 2.45) is 4.99 Å². The molecule has 1 heterocycles. The molecule has 2 rings (SSSR count). The average Bonchev–Trinajstić information content (AvgIpc) is 2.62. The summed E-state index contributed by atoms with van der Waals surface area (Å²) in [6, 6.07) is 6.75. The Labute approximate surface area is 173 Å². The van der Waals surface area contributed by atoms with Gasteiger partial charge in [-0.15, -0.1) is 24.0 Å². The van der Waals surface area contributed by atoms with Crippen molar-refractivity contribution in [1.82, 2.24) is 15.5 Å². The Morgan fingerprint density at radius 3 is 2.77 bits per heavy atom. The number of ether oxygens (including phenoxy) is 1. The predicted molar refractivity (Wildman–Crippen MR) is 116 cm³/mol. The van der Waals surface area contributed by atoms with Crippen molar-refractivity contribution < 1.29 is 9.13 Å². The first-order chi connectivity index (χ1) is 12.3. The fourth-order valence-corrected chi connectivity index (χ4v) is 2.82. The topological polar surface area (TPSA) is 48.9 Å². The van der Waals surface area contributed by atoms with Crippen LogP contribution in [0, 0.1) is 5.82 Å². The van der Waals surface area contributed by atoms with Crippen LogP contribution in [0.5, 0.6) is 0 Å². The van der Waals surface area contributed by atoms with Crippen LogP contribution in [0.3, 0.4) is 0 Å². The maximum atomic E-state index is 13.2. The highest BCUT2D eigenvalue weighted by Crippen LogP contribution is 2.03. The average molecular weight is 478 g/mol. The van der Waals surface area contributed by atoms with Crippen LogP contribution < -0.4 is 10.6 Å². The molecular formula is C19H32FIN4O. The zero-order valence-corrected chi connectivity index (χ0v) is 18.0. The lowest BCUT2D eigenvalue weighted by molar-refractivity contribution is 0.0373. The molecular weight excluding hydrogens is 446 g/mol. The molecule has 148 valence electrons. The summed E-state index contributed by atoms with van der Waals surface area (Å²) in [5.74, 6) is 0.656. The maximum Gasteiger partial charge on any atom is 0.191 e. The number of hydrogen-bond donors (Lipinski definition) is 2. The van der Waals surface area contributed by atoms with Crippen molar-refractivity contribution in [2.75, 3.05) is 52.5 Å². The highest BCUT2D eigenvalue weighted by atomic mass is 127. The summed E-state index contributed by atoms with van der Waals surface area (Å²) in [7, 11) is 0. The standard InChI is InChI=1S/C19H31FN4O.HI/c1-2-21-19(23-10-8-17-6-5-7-18(20)16-17)22-9-3-4-11-24-12-14-25-15-13-24;/h5-7,16H,2-4,8-15H2,1H3,(H2,21,22,23);1H. The normalized spacial score (nSPS) is 15.4. The lowest BCUT2D eigenvalue weighted by Gasteiger charge is -2.26. The van der Waals surface area contributed by atoms with E-state index in [0.29, 0.717) is 0 Å². The lowest BCUT2D eigenvalue weighted by Crippen LogP contribution is -2.38. The molecule has 1 aliphatic heterocycles. The van der Waals surface area contributed by atoms with E-state index in [4.69, 9.17) is 4.74 Å². The third-order valence-electron chi connectivity index (χ3n) is 4.20. The molecule has 1 aromatic rings. The van der Waals surface area contributed by atoms with E-state index >= 15 is 0 Å². The first-order valence-corrected chi connectivity index (χ1v) is 9.34. The molecule has 0 amide bonds. The Kier molecular flexibility index (Phi) is 12.6. The minimum atomic E-state index is -0.182. The number of morpholine rings is 1. The number of halogens is 2. The van der Waals surface area contributed by atoms with Crippen LogP contribution in [0.1, 0.15) is 25.3 Å². The van der Waals surface area contributed by atoms with Gasteiger partial charge in [0.2, 0.25) is 0 Å². The molecule has 0 radical (unpaired) electrons. The van der Waals surface area contributed by atoms with Crippen molar-refractivity contribution in [1.29, 1.82) is 0 Å². The van der Waals surface area contributed by atoms with Gasteiger partial charge in [-0.2, -0.15) is 0 Å². The largest absolute Gasteiger partial charge is 0.379 e. The van der Waals surface area contributed by atoms with Gasteiger partial charge >= 0.3 is 0 Å². The van der Waals surface area contributed by atoms with E-state index in [-0.39, 0.29) is 29.8 Å². The molecule has 0 saturated carbocycles. The van der Waals surface area contributed by atoms with Crippen molar-refractivity contribution in [3.8, 4) is 0 Å². The van der Waals surface area contributed by atoms with Crippen LogP contribution >= 0.6 is 24.0 Å². The first-order valence-electron chi connectivity index (χ1n) is 9.34. The van der Waals surface area contributed by atoms with Gasteiger partial charge in [0.05, 0.1) is 13.2 Å². The van der Waals surface area contributed by atoms with Gasteiger partial charge in [0.15, 0.2) is 5.96 Å². The highest BCUT2D eigenvalue weighted by Gasteiger charge is 2.08. The molecule has 1 aromatic carbocycles. The van der Waals surface area contributed by atoms with Crippen LogP contribution in [0.25, 0.3) is 0 Å². The highest BCUT2D eigenvalue weighted by molar-refractivity contribution is 14.0. The number of nitrogens with one attached hydrogen (secondary N) is 2.